The van der Waals surface area contributed by atoms with Crippen LogP contribution in [0.5, 0.6) is 0 Å². The minimum Gasteiger partial charge on any atom is -0.456 e. The lowest BCUT2D eigenvalue weighted by Crippen LogP contribution is -2.25. The molecule has 4 nitrogen and oxygen atoms in total. The van der Waals surface area contributed by atoms with Gasteiger partial charge in [0.15, 0.2) is 6.29 Å². The van der Waals surface area contributed by atoms with Crippen molar-refractivity contribution in [3.63, 3.8) is 0 Å². The average Bonchev–Trinajstić information content (AvgIpc) is 2.14. The Bertz CT molecular complexity index is 424. The number of hydrogen-bond donors (Lipinski definition) is 0. The van der Waals surface area contributed by atoms with E-state index in [2.05, 4.69) is 4.98 Å². The Hall–Kier alpha value is -1.42. The molecule has 0 N–H and O–H groups in total. The van der Waals surface area contributed by atoms with Crippen LogP contribution < -0.4 is 0 Å². The largest absolute Gasteiger partial charge is 0.456 e. The van der Waals surface area contributed by atoms with Gasteiger partial charge in [-0.3, -0.25) is 4.79 Å². The van der Waals surface area contributed by atoms with Crippen LogP contribution in [-0.2, 0) is 4.74 Å². The number of halogens is 1. The fourth-order valence-corrected chi connectivity index (χ4v) is 1.32. The van der Waals surface area contributed by atoms with Crippen molar-refractivity contribution in [3.8, 4) is 0 Å². The number of aldehydes is 1. The van der Waals surface area contributed by atoms with Gasteiger partial charge in [-0.1, -0.05) is 11.6 Å². The second-order valence-electron chi connectivity index (χ2n) is 4.19. The topological polar surface area (TPSA) is 56.3 Å². The number of carbonyl (C=O) groups is 2. The highest BCUT2D eigenvalue weighted by Crippen LogP contribution is 2.20. The van der Waals surface area contributed by atoms with Gasteiger partial charge >= 0.3 is 5.97 Å². The van der Waals surface area contributed by atoms with Gasteiger partial charge in [0.05, 0.1) is 0 Å². The van der Waals surface area contributed by atoms with E-state index in [0.717, 1.165) is 0 Å². The summed E-state index contributed by atoms with van der Waals surface area (Å²) in [6, 6.07) is 1.41. The summed E-state index contributed by atoms with van der Waals surface area (Å²) in [6.45, 7) is 5.20. The molecule has 0 saturated heterocycles. The van der Waals surface area contributed by atoms with E-state index in [9.17, 15) is 9.59 Å². The molecule has 1 heterocycles. The summed E-state index contributed by atoms with van der Waals surface area (Å²) in [4.78, 5) is 26.3. The van der Waals surface area contributed by atoms with Crippen molar-refractivity contribution >= 4 is 23.9 Å². The van der Waals surface area contributed by atoms with Crippen molar-refractivity contribution in [1.29, 1.82) is 0 Å². The number of pyridine rings is 1. The van der Waals surface area contributed by atoms with E-state index in [4.69, 9.17) is 16.3 Å². The molecule has 0 unspecified atom stereocenters. The van der Waals surface area contributed by atoms with Crippen molar-refractivity contribution < 1.29 is 14.3 Å². The summed E-state index contributed by atoms with van der Waals surface area (Å²) in [5, 5.41) is -0.0288. The first kappa shape index (κ1) is 12.6. The Balaban J connectivity index is 3.12. The van der Waals surface area contributed by atoms with Gasteiger partial charge in [-0.05, 0) is 26.8 Å². The maximum absolute atomic E-state index is 11.8. The van der Waals surface area contributed by atoms with Crippen LogP contribution in [0.3, 0.4) is 0 Å². The van der Waals surface area contributed by atoms with E-state index in [1.165, 1.54) is 12.3 Å². The Morgan fingerprint density at radius 2 is 2.12 bits per heavy atom. The van der Waals surface area contributed by atoms with E-state index in [0.29, 0.717) is 6.29 Å². The van der Waals surface area contributed by atoms with E-state index < -0.39 is 11.6 Å². The lowest BCUT2D eigenvalue weighted by atomic mass is 10.1. The molecular formula is C11H12ClNO3. The zero-order chi connectivity index (χ0) is 12.3. The summed E-state index contributed by atoms with van der Waals surface area (Å²) >= 11 is 5.76. The standard InChI is InChI=1S/C11H12ClNO3/c1-11(2,3)16-10(15)8-7(6-14)4-5-13-9(8)12/h4-6H,1-3H3. The first-order valence-electron chi connectivity index (χ1n) is 4.68. The van der Waals surface area contributed by atoms with Crippen molar-refractivity contribution in [3.05, 3.63) is 28.5 Å². The lowest BCUT2D eigenvalue weighted by Gasteiger charge is -2.20. The molecule has 1 aromatic heterocycles. The summed E-state index contributed by atoms with van der Waals surface area (Å²) in [5.74, 6) is -0.646. The first-order valence-corrected chi connectivity index (χ1v) is 5.06. The molecule has 0 spiro atoms. The van der Waals surface area contributed by atoms with Crippen LogP contribution in [0.4, 0.5) is 0 Å². The van der Waals surface area contributed by atoms with Gasteiger partial charge in [0, 0.05) is 11.8 Å². The summed E-state index contributed by atoms with van der Waals surface area (Å²) in [5.41, 5.74) is -0.459. The quantitative estimate of drug-likeness (QED) is 0.454. The first-order chi connectivity index (χ1) is 7.35. The predicted molar refractivity (Wildman–Crippen MR) is 59.8 cm³/mol. The molecule has 0 aliphatic carbocycles. The fraction of sp³-hybridized carbons (Fsp3) is 0.364. The molecule has 1 aromatic rings. The third kappa shape index (κ3) is 3.03. The van der Waals surface area contributed by atoms with E-state index in [1.54, 1.807) is 20.8 Å². The van der Waals surface area contributed by atoms with Gasteiger partial charge in [-0.2, -0.15) is 0 Å². The molecule has 1 rings (SSSR count). The fourth-order valence-electron chi connectivity index (χ4n) is 1.08. The highest BCUT2D eigenvalue weighted by Gasteiger charge is 2.23. The number of aromatic nitrogens is 1. The van der Waals surface area contributed by atoms with Crippen LogP contribution in [0, 0.1) is 0 Å². The van der Waals surface area contributed by atoms with E-state index in [1.807, 2.05) is 0 Å². The summed E-state index contributed by atoms with van der Waals surface area (Å²) < 4.78 is 5.12. The Kier molecular flexibility index (Phi) is 3.65. The predicted octanol–water partition coefficient (Wildman–Crippen LogP) is 2.50. The molecule has 86 valence electrons. The number of rotatable bonds is 2. The van der Waals surface area contributed by atoms with Crippen LogP contribution in [0.1, 0.15) is 41.5 Å². The monoisotopic (exact) mass is 241 g/mol. The summed E-state index contributed by atoms with van der Waals surface area (Å²) in [7, 11) is 0. The number of carbonyl (C=O) groups excluding carboxylic acids is 2. The minimum absolute atomic E-state index is 0.00842. The molecule has 16 heavy (non-hydrogen) atoms. The van der Waals surface area contributed by atoms with Gasteiger partial charge in [0.1, 0.15) is 16.3 Å². The molecule has 0 bridgehead atoms. The van der Waals surface area contributed by atoms with E-state index in [-0.39, 0.29) is 16.3 Å². The normalized spacial score (nSPS) is 11.0. The SMILES string of the molecule is CC(C)(C)OC(=O)c1c(C=O)ccnc1Cl. The van der Waals surface area contributed by atoms with Crippen LogP contribution >= 0.6 is 11.6 Å². The maximum atomic E-state index is 11.8. The second-order valence-corrected chi connectivity index (χ2v) is 4.54. The number of nitrogens with zero attached hydrogens (tertiary/aromatic N) is 1. The zero-order valence-electron chi connectivity index (χ0n) is 9.28. The van der Waals surface area contributed by atoms with Crippen molar-refractivity contribution in [2.75, 3.05) is 0 Å². The van der Waals surface area contributed by atoms with Gasteiger partial charge in [0.2, 0.25) is 0 Å². The van der Waals surface area contributed by atoms with Gasteiger partial charge in [0.25, 0.3) is 0 Å². The molecule has 0 aromatic carbocycles. The zero-order valence-corrected chi connectivity index (χ0v) is 10.0. The lowest BCUT2D eigenvalue weighted by molar-refractivity contribution is 0.00680. The molecule has 0 aliphatic rings. The molecule has 0 atom stereocenters. The molecule has 0 radical (unpaired) electrons. The van der Waals surface area contributed by atoms with Gasteiger partial charge in [-0.15, -0.1) is 0 Å². The molecule has 0 saturated carbocycles. The number of ether oxygens (including phenoxy) is 1. The molecular weight excluding hydrogens is 230 g/mol. The number of hydrogen-bond acceptors (Lipinski definition) is 4. The van der Waals surface area contributed by atoms with Crippen LogP contribution in [0.25, 0.3) is 0 Å². The van der Waals surface area contributed by atoms with Crippen LogP contribution in [-0.4, -0.2) is 22.8 Å². The highest BCUT2D eigenvalue weighted by atomic mass is 35.5. The Morgan fingerprint density at radius 1 is 1.50 bits per heavy atom. The second kappa shape index (κ2) is 4.61. The van der Waals surface area contributed by atoms with Crippen molar-refractivity contribution in [1.82, 2.24) is 4.98 Å². The Labute approximate surface area is 98.6 Å². The average molecular weight is 242 g/mol. The molecule has 0 aliphatic heterocycles. The number of esters is 1. The maximum Gasteiger partial charge on any atom is 0.342 e. The smallest absolute Gasteiger partial charge is 0.342 e. The summed E-state index contributed by atoms with van der Waals surface area (Å²) in [6.07, 6.45) is 1.91. The van der Waals surface area contributed by atoms with Gasteiger partial charge < -0.3 is 4.74 Å². The Morgan fingerprint density at radius 3 is 2.62 bits per heavy atom. The molecule has 0 amide bonds. The third-order valence-corrected chi connectivity index (χ3v) is 1.95. The van der Waals surface area contributed by atoms with Crippen molar-refractivity contribution in [2.24, 2.45) is 0 Å². The van der Waals surface area contributed by atoms with Gasteiger partial charge in [-0.25, -0.2) is 9.78 Å². The molecule has 5 heteroatoms. The van der Waals surface area contributed by atoms with Crippen LogP contribution in [0.2, 0.25) is 5.15 Å². The highest BCUT2D eigenvalue weighted by molar-refractivity contribution is 6.33. The molecule has 0 fully saturated rings. The van der Waals surface area contributed by atoms with Crippen molar-refractivity contribution in [2.45, 2.75) is 26.4 Å². The third-order valence-electron chi connectivity index (χ3n) is 1.67. The minimum atomic E-state index is -0.646. The van der Waals surface area contributed by atoms with E-state index >= 15 is 0 Å². The van der Waals surface area contributed by atoms with Crippen LogP contribution in [0.15, 0.2) is 12.3 Å².